The molecule has 0 spiro atoms. The molecule has 1 aromatic rings. The van der Waals surface area contributed by atoms with Gasteiger partial charge in [-0.25, -0.2) is 0 Å². The highest BCUT2D eigenvalue weighted by molar-refractivity contribution is 6.07. The van der Waals surface area contributed by atoms with Gasteiger partial charge in [-0.15, -0.1) is 0 Å². The Morgan fingerprint density at radius 1 is 1.00 bits per heavy atom. The van der Waals surface area contributed by atoms with E-state index in [9.17, 15) is 19.2 Å². The number of rotatable bonds is 5. The number of hydrogen-bond donors (Lipinski definition) is 0. The predicted molar refractivity (Wildman–Crippen MR) is 109 cm³/mol. The van der Waals surface area contributed by atoms with E-state index in [-0.39, 0.29) is 36.2 Å². The predicted octanol–water partition coefficient (Wildman–Crippen LogP) is 2.02. The van der Waals surface area contributed by atoms with Gasteiger partial charge < -0.3 is 9.64 Å². The van der Waals surface area contributed by atoms with Crippen molar-refractivity contribution in [3.8, 4) is 0 Å². The molecule has 0 aromatic heterocycles. The summed E-state index contributed by atoms with van der Waals surface area (Å²) < 4.78 is 5.08. The summed E-state index contributed by atoms with van der Waals surface area (Å²) in [6, 6.07) is 10.0. The number of nitrogens with zero attached hydrogens (tertiary/aromatic N) is 2. The summed E-state index contributed by atoms with van der Waals surface area (Å²) in [6.07, 6.45) is 6.02. The third-order valence-corrected chi connectivity index (χ3v) is 6.28. The number of fused-ring (bicyclic) bond motifs is 1. The normalized spacial score (nSPS) is 23.8. The lowest BCUT2D eigenvalue weighted by molar-refractivity contribution is -0.156. The van der Waals surface area contributed by atoms with E-state index in [1.165, 1.54) is 5.57 Å². The summed E-state index contributed by atoms with van der Waals surface area (Å²) in [7, 11) is 0. The lowest BCUT2D eigenvalue weighted by Crippen LogP contribution is -2.40. The first-order chi connectivity index (χ1) is 14.5. The van der Waals surface area contributed by atoms with E-state index in [2.05, 4.69) is 0 Å². The van der Waals surface area contributed by atoms with E-state index in [4.69, 9.17) is 4.74 Å². The van der Waals surface area contributed by atoms with Crippen LogP contribution in [0.3, 0.4) is 0 Å². The van der Waals surface area contributed by atoms with Crippen molar-refractivity contribution in [1.82, 2.24) is 9.80 Å². The molecular formula is C23H26N2O5. The van der Waals surface area contributed by atoms with Gasteiger partial charge in [0.1, 0.15) is 6.54 Å². The highest BCUT2D eigenvalue weighted by atomic mass is 16.5. The second kappa shape index (κ2) is 8.81. The Morgan fingerprint density at radius 3 is 2.27 bits per heavy atom. The smallest absolute Gasteiger partial charge is 0.326 e. The van der Waals surface area contributed by atoms with Crippen LogP contribution < -0.4 is 0 Å². The van der Waals surface area contributed by atoms with Crippen LogP contribution in [0.15, 0.2) is 36.4 Å². The fourth-order valence-corrected chi connectivity index (χ4v) is 4.61. The Hall–Kier alpha value is -2.96. The molecule has 3 amide bonds. The topological polar surface area (TPSA) is 84.0 Å². The molecule has 4 rings (SSSR count). The zero-order valence-corrected chi connectivity index (χ0v) is 16.9. The van der Waals surface area contributed by atoms with E-state index >= 15 is 0 Å². The molecule has 2 aliphatic heterocycles. The fourth-order valence-electron chi connectivity index (χ4n) is 4.61. The van der Waals surface area contributed by atoms with Crippen molar-refractivity contribution >= 4 is 29.3 Å². The molecule has 0 radical (unpaired) electrons. The number of hydrogen-bond acceptors (Lipinski definition) is 5. The number of carbonyl (C=O) groups excluding carboxylic acids is 4. The first-order valence-corrected chi connectivity index (χ1v) is 10.6. The van der Waals surface area contributed by atoms with Gasteiger partial charge in [-0.3, -0.25) is 24.1 Å². The van der Waals surface area contributed by atoms with Gasteiger partial charge in [-0.05, 0) is 30.4 Å². The molecule has 1 saturated heterocycles. The largest absolute Gasteiger partial charge is 0.454 e. The Balaban J connectivity index is 1.25. The molecule has 1 aliphatic carbocycles. The Kier molecular flexibility index (Phi) is 5.97. The van der Waals surface area contributed by atoms with E-state index in [1.807, 2.05) is 36.4 Å². The Bertz CT molecular complexity index is 855. The molecule has 1 saturated carbocycles. The lowest BCUT2D eigenvalue weighted by Gasteiger charge is -2.26. The number of likely N-dealkylation sites (tertiary alicyclic amines) is 1. The number of benzene rings is 1. The Labute approximate surface area is 175 Å². The molecule has 3 aliphatic rings. The summed E-state index contributed by atoms with van der Waals surface area (Å²) in [5.41, 5.74) is 2.35. The van der Waals surface area contributed by atoms with Crippen LogP contribution in [0.1, 0.15) is 37.7 Å². The van der Waals surface area contributed by atoms with E-state index < -0.39 is 12.5 Å². The van der Waals surface area contributed by atoms with Crippen molar-refractivity contribution in [1.29, 1.82) is 0 Å². The quantitative estimate of drug-likeness (QED) is 0.548. The maximum absolute atomic E-state index is 12.4. The number of esters is 1. The summed E-state index contributed by atoms with van der Waals surface area (Å²) >= 11 is 0. The molecular weight excluding hydrogens is 384 g/mol. The van der Waals surface area contributed by atoms with Crippen molar-refractivity contribution < 1.29 is 23.9 Å². The molecule has 7 heteroatoms. The van der Waals surface area contributed by atoms with Crippen LogP contribution in [-0.2, 0) is 23.9 Å². The van der Waals surface area contributed by atoms with Crippen LogP contribution >= 0.6 is 0 Å². The second-order valence-corrected chi connectivity index (χ2v) is 8.11. The Morgan fingerprint density at radius 2 is 1.67 bits per heavy atom. The number of ether oxygens (including phenoxy) is 1. The average Bonchev–Trinajstić information content (AvgIpc) is 3.03. The van der Waals surface area contributed by atoms with Gasteiger partial charge in [-0.2, -0.15) is 0 Å². The van der Waals surface area contributed by atoms with Gasteiger partial charge in [0.2, 0.25) is 11.8 Å². The molecule has 7 nitrogen and oxygen atoms in total. The van der Waals surface area contributed by atoms with Crippen molar-refractivity contribution in [3.05, 3.63) is 42.0 Å². The van der Waals surface area contributed by atoms with Crippen molar-refractivity contribution in [2.24, 2.45) is 11.8 Å². The second-order valence-electron chi connectivity index (χ2n) is 8.11. The summed E-state index contributed by atoms with van der Waals surface area (Å²) in [5, 5.41) is 0. The first-order valence-electron chi connectivity index (χ1n) is 10.6. The molecule has 0 N–H and O–H groups in total. The monoisotopic (exact) mass is 410 g/mol. The SMILES string of the molecule is O=C(CN1C(=O)[C@H]2CCCC[C@H]2C1=O)OCC(=O)N1CC=C(c2ccccc2)CC1. The maximum Gasteiger partial charge on any atom is 0.326 e. The standard InChI is InChI=1S/C23H26N2O5/c26-20(24-12-10-17(11-13-24)16-6-2-1-3-7-16)15-30-21(27)14-25-22(28)18-8-4-5-9-19(18)23(25)29/h1-3,6-7,10,18-19H,4-5,8-9,11-15H2/t18-,19+. The molecule has 30 heavy (non-hydrogen) atoms. The van der Waals surface area contributed by atoms with Gasteiger partial charge in [0.15, 0.2) is 6.61 Å². The average molecular weight is 410 g/mol. The number of amides is 3. The first kappa shape index (κ1) is 20.3. The molecule has 0 unspecified atom stereocenters. The van der Waals surface area contributed by atoms with Gasteiger partial charge in [0.05, 0.1) is 11.8 Å². The van der Waals surface area contributed by atoms with Gasteiger partial charge in [-0.1, -0.05) is 49.2 Å². The van der Waals surface area contributed by atoms with Crippen LogP contribution in [0, 0.1) is 11.8 Å². The van der Waals surface area contributed by atoms with Crippen LogP contribution in [0.2, 0.25) is 0 Å². The highest BCUT2D eigenvalue weighted by Gasteiger charge is 2.48. The van der Waals surface area contributed by atoms with Crippen LogP contribution in [0.5, 0.6) is 0 Å². The zero-order valence-electron chi connectivity index (χ0n) is 16.9. The molecule has 158 valence electrons. The third kappa shape index (κ3) is 4.15. The minimum atomic E-state index is -0.721. The van der Waals surface area contributed by atoms with Crippen LogP contribution in [-0.4, -0.2) is 59.7 Å². The molecule has 1 aromatic carbocycles. The van der Waals surface area contributed by atoms with E-state index in [0.29, 0.717) is 25.9 Å². The minimum absolute atomic E-state index is 0.275. The van der Waals surface area contributed by atoms with Gasteiger partial charge in [0, 0.05) is 13.1 Å². The number of imide groups is 1. The lowest BCUT2D eigenvalue weighted by atomic mass is 9.81. The third-order valence-electron chi connectivity index (χ3n) is 6.28. The number of carbonyl (C=O) groups is 4. The van der Waals surface area contributed by atoms with Crippen molar-refractivity contribution in [2.75, 3.05) is 26.2 Å². The summed E-state index contributed by atoms with van der Waals surface area (Å²) in [6.45, 7) is 0.239. The minimum Gasteiger partial charge on any atom is -0.454 e. The van der Waals surface area contributed by atoms with Crippen LogP contribution in [0.4, 0.5) is 0 Å². The molecule has 2 heterocycles. The molecule has 0 bridgehead atoms. The molecule has 2 fully saturated rings. The van der Waals surface area contributed by atoms with Crippen molar-refractivity contribution in [3.63, 3.8) is 0 Å². The van der Waals surface area contributed by atoms with E-state index in [0.717, 1.165) is 29.7 Å². The maximum atomic E-state index is 12.4. The van der Waals surface area contributed by atoms with Gasteiger partial charge in [0.25, 0.3) is 5.91 Å². The summed E-state index contributed by atoms with van der Waals surface area (Å²) in [4.78, 5) is 52.1. The zero-order chi connectivity index (χ0) is 21.1. The fraction of sp³-hybridized carbons (Fsp3) is 0.478. The summed E-state index contributed by atoms with van der Waals surface area (Å²) in [5.74, 6) is -2.13. The van der Waals surface area contributed by atoms with Crippen molar-refractivity contribution in [2.45, 2.75) is 32.1 Å². The van der Waals surface area contributed by atoms with Crippen LogP contribution in [0.25, 0.3) is 5.57 Å². The van der Waals surface area contributed by atoms with Gasteiger partial charge >= 0.3 is 5.97 Å². The highest BCUT2D eigenvalue weighted by Crippen LogP contribution is 2.37. The molecule has 2 atom stereocenters. The van der Waals surface area contributed by atoms with E-state index in [1.54, 1.807) is 4.90 Å².